The molecule has 0 fully saturated rings. The predicted molar refractivity (Wildman–Crippen MR) is 128 cm³/mol. The first-order chi connectivity index (χ1) is 16.0. The van der Waals surface area contributed by atoms with Gasteiger partial charge in [0.1, 0.15) is 18.4 Å². The lowest BCUT2D eigenvalue weighted by Gasteiger charge is -2.18. The SMILES string of the molecule is Cc1ccccc1COc1c(C(=O)N[C@@H](Cc2ccccc2)C(=O)O)ccc2ccccc12. The Morgan fingerprint density at radius 3 is 2.33 bits per heavy atom. The molecule has 0 unspecified atom stereocenters. The average Bonchev–Trinajstić information content (AvgIpc) is 2.83. The highest BCUT2D eigenvalue weighted by Crippen LogP contribution is 2.31. The van der Waals surface area contributed by atoms with Crippen molar-refractivity contribution in [2.24, 2.45) is 0 Å². The second kappa shape index (κ2) is 10.0. The first kappa shape index (κ1) is 22.1. The van der Waals surface area contributed by atoms with Crippen LogP contribution >= 0.6 is 0 Å². The van der Waals surface area contributed by atoms with Crippen molar-refractivity contribution in [2.75, 3.05) is 0 Å². The molecular weight excluding hydrogens is 414 g/mol. The smallest absolute Gasteiger partial charge is 0.326 e. The molecule has 166 valence electrons. The van der Waals surface area contributed by atoms with Crippen LogP contribution in [0.15, 0.2) is 91.0 Å². The quantitative estimate of drug-likeness (QED) is 0.398. The summed E-state index contributed by atoms with van der Waals surface area (Å²) in [4.78, 5) is 25.1. The van der Waals surface area contributed by atoms with Crippen LogP contribution in [0.5, 0.6) is 5.75 Å². The number of rotatable bonds is 8. The minimum Gasteiger partial charge on any atom is -0.487 e. The fourth-order valence-corrected chi connectivity index (χ4v) is 3.79. The number of carbonyl (C=O) groups excluding carboxylic acids is 1. The van der Waals surface area contributed by atoms with Crippen molar-refractivity contribution in [3.63, 3.8) is 0 Å². The summed E-state index contributed by atoms with van der Waals surface area (Å²) >= 11 is 0. The molecule has 33 heavy (non-hydrogen) atoms. The molecule has 0 heterocycles. The maximum atomic E-state index is 13.2. The largest absolute Gasteiger partial charge is 0.487 e. The van der Waals surface area contributed by atoms with Gasteiger partial charge in [-0.25, -0.2) is 4.79 Å². The highest BCUT2D eigenvalue weighted by Gasteiger charge is 2.24. The molecule has 5 heteroatoms. The van der Waals surface area contributed by atoms with E-state index in [1.54, 1.807) is 6.07 Å². The normalized spacial score (nSPS) is 11.7. The molecule has 0 bridgehead atoms. The number of carbonyl (C=O) groups is 2. The fraction of sp³-hybridized carbons (Fsp3) is 0.143. The number of nitrogens with one attached hydrogen (secondary N) is 1. The number of aliphatic carboxylic acids is 1. The summed E-state index contributed by atoms with van der Waals surface area (Å²) in [5.74, 6) is -1.13. The Kier molecular flexibility index (Phi) is 6.69. The van der Waals surface area contributed by atoms with Crippen molar-refractivity contribution in [3.8, 4) is 5.75 Å². The maximum absolute atomic E-state index is 13.2. The summed E-state index contributed by atoms with van der Waals surface area (Å²) < 4.78 is 6.19. The van der Waals surface area contributed by atoms with E-state index in [1.807, 2.05) is 91.9 Å². The molecule has 0 aliphatic heterocycles. The number of aryl methyl sites for hydroxylation is 1. The standard InChI is InChI=1S/C28H25NO4/c1-19-9-5-6-13-22(19)18-33-26-23-14-8-7-12-21(23)15-16-24(26)27(30)29-25(28(31)32)17-20-10-3-2-4-11-20/h2-16,25H,17-18H2,1H3,(H,29,30)(H,31,32)/t25-/m0/s1. The summed E-state index contributed by atoms with van der Waals surface area (Å²) in [7, 11) is 0. The van der Waals surface area contributed by atoms with Gasteiger partial charge < -0.3 is 15.2 Å². The van der Waals surface area contributed by atoms with Crippen LogP contribution in [-0.4, -0.2) is 23.0 Å². The Bertz CT molecular complexity index is 1280. The first-order valence-corrected chi connectivity index (χ1v) is 10.8. The van der Waals surface area contributed by atoms with E-state index in [2.05, 4.69) is 5.32 Å². The second-order valence-electron chi connectivity index (χ2n) is 7.93. The van der Waals surface area contributed by atoms with Crippen molar-refractivity contribution in [1.29, 1.82) is 0 Å². The molecule has 5 nitrogen and oxygen atoms in total. The lowest BCUT2D eigenvalue weighted by atomic mass is 10.0. The number of hydrogen-bond acceptors (Lipinski definition) is 3. The van der Waals surface area contributed by atoms with Crippen LogP contribution in [0, 0.1) is 6.92 Å². The van der Waals surface area contributed by atoms with Gasteiger partial charge in [-0.05, 0) is 35.1 Å². The van der Waals surface area contributed by atoms with E-state index in [-0.39, 0.29) is 6.42 Å². The summed E-state index contributed by atoms with van der Waals surface area (Å²) in [6.07, 6.45) is 0.189. The van der Waals surface area contributed by atoms with Crippen LogP contribution in [0.3, 0.4) is 0 Å². The molecule has 2 N–H and O–H groups in total. The molecule has 0 aromatic heterocycles. The topological polar surface area (TPSA) is 75.6 Å². The minimum atomic E-state index is -1.09. The summed E-state index contributed by atoms with van der Waals surface area (Å²) in [6, 6.07) is 27.3. The van der Waals surface area contributed by atoms with Gasteiger partial charge >= 0.3 is 5.97 Å². The molecule has 4 aromatic rings. The van der Waals surface area contributed by atoms with Crippen molar-refractivity contribution in [1.82, 2.24) is 5.32 Å². The van der Waals surface area contributed by atoms with E-state index in [9.17, 15) is 14.7 Å². The Morgan fingerprint density at radius 1 is 0.879 bits per heavy atom. The third-order valence-electron chi connectivity index (χ3n) is 5.64. The molecule has 4 rings (SSSR count). The Morgan fingerprint density at radius 2 is 1.58 bits per heavy atom. The molecule has 0 saturated heterocycles. The minimum absolute atomic E-state index is 0.189. The first-order valence-electron chi connectivity index (χ1n) is 10.8. The van der Waals surface area contributed by atoms with Crippen LogP contribution in [0.4, 0.5) is 0 Å². The number of amides is 1. The van der Waals surface area contributed by atoms with E-state index in [4.69, 9.17) is 4.74 Å². The number of ether oxygens (including phenoxy) is 1. The van der Waals surface area contributed by atoms with Crippen LogP contribution < -0.4 is 10.1 Å². The van der Waals surface area contributed by atoms with Gasteiger partial charge in [0.05, 0.1) is 5.56 Å². The predicted octanol–water partition coefficient (Wildman–Crippen LogP) is 5.15. The van der Waals surface area contributed by atoms with Gasteiger partial charge in [-0.1, -0.05) is 84.9 Å². The van der Waals surface area contributed by atoms with Gasteiger partial charge in [0.2, 0.25) is 0 Å². The monoisotopic (exact) mass is 439 g/mol. The molecule has 0 radical (unpaired) electrons. The number of hydrogen-bond donors (Lipinski definition) is 2. The number of benzene rings is 4. The highest BCUT2D eigenvalue weighted by molar-refractivity contribution is 6.04. The maximum Gasteiger partial charge on any atom is 0.326 e. The van der Waals surface area contributed by atoms with Gasteiger partial charge in [-0.2, -0.15) is 0 Å². The summed E-state index contributed by atoms with van der Waals surface area (Å²) in [6.45, 7) is 2.31. The van der Waals surface area contributed by atoms with Gasteiger partial charge in [0.25, 0.3) is 5.91 Å². The van der Waals surface area contributed by atoms with Crippen LogP contribution in [0.25, 0.3) is 10.8 Å². The lowest BCUT2D eigenvalue weighted by molar-refractivity contribution is -0.139. The molecule has 4 aromatic carbocycles. The highest BCUT2D eigenvalue weighted by atomic mass is 16.5. The zero-order chi connectivity index (χ0) is 23.2. The van der Waals surface area contributed by atoms with Gasteiger partial charge in [-0.15, -0.1) is 0 Å². The van der Waals surface area contributed by atoms with Crippen molar-refractivity contribution in [3.05, 3.63) is 113 Å². The van der Waals surface area contributed by atoms with Crippen LogP contribution in [0.1, 0.15) is 27.0 Å². The summed E-state index contributed by atoms with van der Waals surface area (Å²) in [5, 5.41) is 14.1. The Labute approximate surface area is 192 Å². The number of carboxylic acids is 1. The van der Waals surface area contributed by atoms with E-state index in [0.29, 0.717) is 17.9 Å². The third kappa shape index (κ3) is 5.21. The Hall–Kier alpha value is -4.12. The van der Waals surface area contributed by atoms with E-state index in [1.165, 1.54) is 0 Å². The number of carboxylic acid groups (broad SMARTS) is 1. The van der Waals surface area contributed by atoms with Gasteiger partial charge in [-0.3, -0.25) is 4.79 Å². The zero-order valence-corrected chi connectivity index (χ0v) is 18.3. The average molecular weight is 440 g/mol. The molecule has 1 amide bonds. The van der Waals surface area contributed by atoms with Gasteiger partial charge in [0, 0.05) is 11.8 Å². The molecule has 0 spiro atoms. The van der Waals surface area contributed by atoms with Gasteiger partial charge in [0.15, 0.2) is 0 Å². The molecule has 1 atom stereocenters. The van der Waals surface area contributed by atoms with Crippen LogP contribution in [-0.2, 0) is 17.8 Å². The van der Waals surface area contributed by atoms with E-state index < -0.39 is 17.9 Å². The van der Waals surface area contributed by atoms with E-state index in [0.717, 1.165) is 27.5 Å². The van der Waals surface area contributed by atoms with Crippen LogP contribution in [0.2, 0.25) is 0 Å². The van der Waals surface area contributed by atoms with Crippen molar-refractivity contribution < 1.29 is 19.4 Å². The molecule has 0 saturated carbocycles. The second-order valence-corrected chi connectivity index (χ2v) is 7.93. The Balaban J connectivity index is 1.64. The molecule has 0 aliphatic rings. The lowest BCUT2D eigenvalue weighted by Crippen LogP contribution is -2.42. The van der Waals surface area contributed by atoms with Crippen molar-refractivity contribution in [2.45, 2.75) is 26.0 Å². The van der Waals surface area contributed by atoms with Crippen molar-refractivity contribution >= 4 is 22.6 Å². The summed E-state index contributed by atoms with van der Waals surface area (Å²) in [5.41, 5.74) is 3.25. The van der Waals surface area contributed by atoms with E-state index >= 15 is 0 Å². The number of fused-ring (bicyclic) bond motifs is 1. The molecular formula is C28H25NO4. The molecule has 0 aliphatic carbocycles. The third-order valence-corrected chi connectivity index (χ3v) is 5.64. The zero-order valence-electron chi connectivity index (χ0n) is 18.3. The fourth-order valence-electron chi connectivity index (χ4n) is 3.79.